The maximum Gasteiger partial charge on any atom is 0.417 e. The first-order valence-corrected chi connectivity index (χ1v) is 9.98. The van der Waals surface area contributed by atoms with E-state index in [2.05, 4.69) is 10.3 Å². The van der Waals surface area contributed by atoms with Gasteiger partial charge in [-0.2, -0.15) is 13.2 Å². The van der Waals surface area contributed by atoms with Crippen LogP contribution in [0.25, 0.3) is 0 Å². The summed E-state index contributed by atoms with van der Waals surface area (Å²) in [5.74, 6) is -0.604. The first kappa shape index (κ1) is 22.7. The van der Waals surface area contributed by atoms with Crippen LogP contribution in [0.2, 0.25) is 0 Å². The summed E-state index contributed by atoms with van der Waals surface area (Å²) in [6, 6.07) is 9.49. The number of hydrogen-bond acceptors (Lipinski definition) is 4. The predicted octanol–water partition coefficient (Wildman–Crippen LogP) is 4.38. The van der Waals surface area contributed by atoms with Gasteiger partial charge in [-0.25, -0.2) is 4.98 Å². The average molecular weight is 425 g/mol. The number of halogens is 3. The van der Waals surface area contributed by atoms with Gasteiger partial charge in [-0.1, -0.05) is 36.9 Å². The Labute approximate surface area is 171 Å². The molecule has 0 radical (unpaired) electrons. The molecule has 0 saturated heterocycles. The molecule has 0 aliphatic rings. The molecule has 0 aliphatic heterocycles. The molecule has 29 heavy (non-hydrogen) atoms. The molecular formula is C20H22F3N3O2S. The van der Waals surface area contributed by atoms with Crippen LogP contribution in [0.4, 0.5) is 18.9 Å². The lowest BCUT2D eigenvalue weighted by atomic mass is 10.2. The molecule has 0 saturated carbocycles. The molecule has 156 valence electrons. The zero-order chi connectivity index (χ0) is 21.4. The number of nitrogens with one attached hydrogen (secondary N) is 1. The highest BCUT2D eigenvalue weighted by molar-refractivity contribution is 7.99. The number of amides is 2. The zero-order valence-corrected chi connectivity index (χ0v) is 16.9. The third-order valence-corrected chi connectivity index (χ3v) is 4.94. The van der Waals surface area contributed by atoms with Crippen molar-refractivity contribution in [2.75, 3.05) is 24.2 Å². The van der Waals surface area contributed by atoms with Gasteiger partial charge in [-0.3, -0.25) is 9.59 Å². The molecule has 0 fully saturated rings. The van der Waals surface area contributed by atoms with Gasteiger partial charge in [-0.15, -0.1) is 0 Å². The Morgan fingerprint density at radius 1 is 1.17 bits per heavy atom. The molecular weight excluding hydrogens is 403 g/mol. The van der Waals surface area contributed by atoms with Gasteiger partial charge >= 0.3 is 6.18 Å². The van der Waals surface area contributed by atoms with Crippen molar-refractivity contribution in [1.29, 1.82) is 0 Å². The fraction of sp³-hybridized carbons (Fsp3) is 0.350. The van der Waals surface area contributed by atoms with E-state index in [0.29, 0.717) is 23.7 Å². The minimum Gasteiger partial charge on any atom is -0.333 e. The summed E-state index contributed by atoms with van der Waals surface area (Å²) in [7, 11) is 0. The SMILES string of the molecule is CCCN(CC(=O)Nc1ccccc1C)C(=O)CSc1ccc(C(F)(F)F)cn1. The number of carbonyl (C=O) groups excluding carboxylic acids is 2. The molecule has 0 bridgehead atoms. The highest BCUT2D eigenvalue weighted by Gasteiger charge is 2.30. The predicted molar refractivity (Wildman–Crippen MR) is 107 cm³/mol. The molecule has 1 aromatic carbocycles. The lowest BCUT2D eigenvalue weighted by molar-refractivity contribution is -0.138. The van der Waals surface area contributed by atoms with Crippen LogP contribution in [-0.4, -0.2) is 40.5 Å². The van der Waals surface area contributed by atoms with Gasteiger partial charge in [0, 0.05) is 18.4 Å². The molecule has 2 rings (SSSR count). The summed E-state index contributed by atoms with van der Waals surface area (Å²) < 4.78 is 37.7. The molecule has 0 aliphatic carbocycles. The molecule has 1 aromatic heterocycles. The summed E-state index contributed by atoms with van der Waals surface area (Å²) in [5.41, 5.74) is 0.761. The maximum absolute atomic E-state index is 12.6. The number of benzene rings is 1. The zero-order valence-electron chi connectivity index (χ0n) is 16.1. The van der Waals surface area contributed by atoms with Crippen LogP contribution in [0.3, 0.4) is 0 Å². The number of anilines is 1. The molecule has 5 nitrogen and oxygen atoms in total. The number of aryl methyl sites for hydroxylation is 1. The molecule has 2 aromatic rings. The Kier molecular flexibility index (Phi) is 8.07. The molecule has 2 amide bonds. The number of aromatic nitrogens is 1. The van der Waals surface area contributed by atoms with Crippen LogP contribution in [0, 0.1) is 6.92 Å². The van der Waals surface area contributed by atoms with E-state index < -0.39 is 11.7 Å². The number of pyridine rings is 1. The minimum absolute atomic E-state index is 0.0178. The highest BCUT2D eigenvalue weighted by atomic mass is 32.2. The van der Waals surface area contributed by atoms with Gasteiger partial charge in [0.2, 0.25) is 11.8 Å². The van der Waals surface area contributed by atoms with E-state index in [9.17, 15) is 22.8 Å². The topological polar surface area (TPSA) is 62.3 Å². The standard InChI is InChI=1S/C20H22F3N3O2S/c1-3-10-26(12-17(27)25-16-7-5-4-6-14(16)2)19(28)13-29-18-9-8-15(11-24-18)20(21,22)23/h4-9,11H,3,10,12-13H2,1-2H3,(H,25,27). The van der Waals surface area contributed by atoms with Gasteiger partial charge in [0.1, 0.15) is 0 Å². The number of para-hydroxylation sites is 1. The Bertz CT molecular complexity index is 842. The van der Waals surface area contributed by atoms with Crippen LogP contribution in [0.5, 0.6) is 0 Å². The number of alkyl halides is 3. The van der Waals surface area contributed by atoms with Crippen molar-refractivity contribution in [3.8, 4) is 0 Å². The number of hydrogen-bond donors (Lipinski definition) is 1. The molecule has 0 spiro atoms. The number of nitrogens with zero attached hydrogens (tertiary/aromatic N) is 2. The van der Waals surface area contributed by atoms with Gasteiger partial charge < -0.3 is 10.2 Å². The monoisotopic (exact) mass is 425 g/mol. The number of rotatable bonds is 8. The Hall–Kier alpha value is -2.55. The van der Waals surface area contributed by atoms with E-state index in [0.717, 1.165) is 29.6 Å². The number of thioether (sulfide) groups is 1. The minimum atomic E-state index is -4.45. The second kappa shape index (κ2) is 10.3. The first-order chi connectivity index (χ1) is 13.7. The smallest absolute Gasteiger partial charge is 0.333 e. The lowest BCUT2D eigenvalue weighted by Gasteiger charge is -2.21. The second-order valence-corrected chi connectivity index (χ2v) is 7.35. The normalized spacial score (nSPS) is 11.2. The quantitative estimate of drug-likeness (QED) is 0.638. The van der Waals surface area contributed by atoms with Crippen LogP contribution < -0.4 is 5.32 Å². The first-order valence-electron chi connectivity index (χ1n) is 9.00. The summed E-state index contributed by atoms with van der Waals surface area (Å²) >= 11 is 1.03. The van der Waals surface area contributed by atoms with Gasteiger partial charge in [0.25, 0.3) is 0 Å². The number of carbonyl (C=O) groups is 2. The summed E-state index contributed by atoms with van der Waals surface area (Å²) in [5, 5.41) is 3.10. The molecule has 0 atom stereocenters. The Morgan fingerprint density at radius 3 is 2.48 bits per heavy atom. The highest BCUT2D eigenvalue weighted by Crippen LogP contribution is 2.29. The van der Waals surface area contributed by atoms with E-state index in [1.165, 1.54) is 11.0 Å². The molecule has 1 heterocycles. The van der Waals surface area contributed by atoms with Gasteiger partial charge in [-0.05, 0) is 37.1 Å². The largest absolute Gasteiger partial charge is 0.417 e. The van der Waals surface area contributed by atoms with E-state index >= 15 is 0 Å². The van der Waals surface area contributed by atoms with Crippen LogP contribution >= 0.6 is 11.8 Å². The van der Waals surface area contributed by atoms with E-state index in [4.69, 9.17) is 0 Å². The molecule has 9 heteroatoms. The second-order valence-electron chi connectivity index (χ2n) is 6.35. The summed E-state index contributed by atoms with van der Waals surface area (Å²) in [6.07, 6.45) is -3.03. The van der Waals surface area contributed by atoms with Crippen LogP contribution in [0.15, 0.2) is 47.6 Å². The van der Waals surface area contributed by atoms with Crippen LogP contribution in [0.1, 0.15) is 24.5 Å². The van der Waals surface area contributed by atoms with Crippen molar-refractivity contribution in [3.05, 3.63) is 53.7 Å². The van der Waals surface area contributed by atoms with Crippen molar-refractivity contribution < 1.29 is 22.8 Å². The molecule has 0 unspecified atom stereocenters. The van der Waals surface area contributed by atoms with E-state index in [1.807, 2.05) is 32.0 Å². The fourth-order valence-electron chi connectivity index (χ4n) is 2.50. The van der Waals surface area contributed by atoms with Crippen LogP contribution in [-0.2, 0) is 15.8 Å². The van der Waals surface area contributed by atoms with Crippen molar-refractivity contribution in [2.45, 2.75) is 31.5 Å². The van der Waals surface area contributed by atoms with Gasteiger partial charge in [0.15, 0.2) is 0 Å². The van der Waals surface area contributed by atoms with E-state index in [1.54, 1.807) is 6.07 Å². The van der Waals surface area contributed by atoms with Gasteiger partial charge in [0.05, 0.1) is 22.9 Å². The molecule has 1 N–H and O–H groups in total. The summed E-state index contributed by atoms with van der Waals surface area (Å²) in [6.45, 7) is 4.07. The van der Waals surface area contributed by atoms with E-state index in [-0.39, 0.29) is 24.1 Å². The van der Waals surface area contributed by atoms with Crippen molar-refractivity contribution in [2.24, 2.45) is 0 Å². The average Bonchev–Trinajstić information content (AvgIpc) is 2.67. The Morgan fingerprint density at radius 2 is 1.90 bits per heavy atom. The van der Waals surface area contributed by atoms with Crippen molar-refractivity contribution in [3.63, 3.8) is 0 Å². The van der Waals surface area contributed by atoms with Crippen molar-refractivity contribution >= 4 is 29.3 Å². The lowest BCUT2D eigenvalue weighted by Crippen LogP contribution is -2.39. The fourth-order valence-corrected chi connectivity index (χ4v) is 3.24. The third-order valence-electron chi connectivity index (χ3n) is 4.01. The maximum atomic E-state index is 12.6. The van der Waals surface area contributed by atoms with Crippen molar-refractivity contribution in [1.82, 2.24) is 9.88 Å². The third kappa shape index (κ3) is 7.08. The summed E-state index contributed by atoms with van der Waals surface area (Å²) in [4.78, 5) is 30.0. The Balaban J connectivity index is 1.93.